The zero-order chi connectivity index (χ0) is 19.5. The van der Waals surface area contributed by atoms with Gasteiger partial charge in [-0.1, -0.05) is 42.5 Å². The lowest BCUT2D eigenvalue weighted by Gasteiger charge is -2.15. The first-order chi connectivity index (χ1) is 13.7. The summed E-state index contributed by atoms with van der Waals surface area (Å²) in [5.41, 5.74) is 4.28. The van der Waals surface area contributed by atoms with Crippen molar-refractivity contribution in [3.05, 3.63) is 83.4 Å². The van der Waals surface area contributed by atoms with E-state index in [-0.39, 0.29) is 11.8 Å². The van der Waals surface area contributed by atoms with Crippen LogP contribution in [0.1, 0.15) is 33.2 Å². The smallest absolute Gasteiger partial charge is 0.255 e. The minimum atomic E-state index is -0.245. The molecule has 5 heteroatoms. The van der Waals surface area contributed by atoms with E-state index in [0.717, 1.165) is 22.4 Å². The van der Waals surface area contributed by atoms with E-state index in [9.17, 15) is 9.59 Å². The number of fused-ring (bicyclic) bond motifs is 1. The first kappa shape index (κ1) is 17.8. The summed E-state index contributed by atoms with van der Waals surface area (Å²) in [5, 5.41) is 5.75. The van der Waals surface area contributed by atoms with Gasteiger partial charge in [-0.3, -0.25) is 9.59 Å². The highest BCUT2D eigenvalue weighted by Crippen LogP contribution is 2.38. The number of anilines is 1. The Kier molecular flexibility index (Phi) is 4.81. The molecule has 0 saturated heterocycles. The summed E-state index contributed by atoms with van der Waals surface area (Å²) in [4.78, 5) is 25.1. The second-order valence-corrected chi connectivity index (χ2v) is 6.45. The molecule has 1 heterocycles. The molecule has 0 aromatic heterocycles. The molecule has 1 aliphatic rings. The van der Waals surface area contributed by atoms with Crippen LogP contribution in [0.15, 0.2) is 66.7 Å². The predicted molar refractivity (Wildman–Crippen MR) is 109 cm³/mol. The lowest BCUT2D eigenvalue weighted by molar-refractivity contribution is 0.0966. The summed E-state index contributed by atoms with van der Waals surface area (Å²) in [6.07, 6.45) is 0. The first-order valence-corrected chi connectivity index (χ1v) is 9.21. The van der Waals surface area contributed by atoms with Gasteiger partial charge >= 0.3 is 0 Å². The number of benzene rings is 3. The van der Waals surface area contributed by atoms with Crippen LogP contribution in [0.5, 0.6) is 5.75 Å². The highest BCUT2D eigenvalue weighted by Gasteiger charge is 2.27. The van der Waals surface area contributed by atoms with Crippen molar-refractivity contribution in [2.75, 3.05) is 11.9 Å². The van der Waals surface area contributed by atoms with Gasteiger partial charge in [0.05, 0.1) is 17.9 Å². The van der Waals surface area contributed by atoms with Gasteiger partial charge in [0.25, 0.3) is 11.8 Å². The topological polar surface area (TPSA) is 67.4 Å². The van der Waals surface area contributed by atoms with Crippen molar-refractivity contribution in [3.63, 3.8) is 0 Å². The number of hydrogen-bond acceptors (Lipinski definition) is 3. The lowest BCUT2D eigenvalue weighted by atomic mass is 9.95. The van der Waals surface area contributed by atoms with Gasteiger partial charge in [0, 0.05) is 17.7 Å². The fraction of sp³-hybridized carbons (Fsp3) is 0.130. The summed E-state index contributed by atoms with van der Waals surface area (Å²) in [7, 11) is 0. The van der Waals surface area contributed by atoms with Crippen molar-refractivity contribution in [2.45, 2.75) is 13.5 Å². The lowest BCUT2D eigenvalue weighted by Crippen LogP contribution is -2.17. The molecular weight excluding hydrogens is 352 g/mol. The van der Waals surface area contributed by atoms with E-state index in [1.165, 1.54) is 0 Å². The zero-order valence-corrected chi connectivity index (χ0v) is 15.5. The van der Waals surface area contributed by atoms with Gasteiger partial charge in [-0.15, -0.1) is 0 Å². The van der Waals surface area contributed by atoms with Gasteiger partial charge in [0.1, 0.15) is 5.75 Å². The predicted octanol–water partition coefficient (Wildman–Crippen LogP) is 4.25. The standard InChI is InChI=1S/C23H20N2O3/c1-2-28-20-11-7-6-10-17(20)16-12-13-19(21-18(16)14-24-23(21)27)25-22(26)15-8-4-3-5-9-15/h3-13H,2,14H2,1H3,(H,24,27)(H,25,26). The second-order valence-electron chi connectivity index (χ2n) is 6.45. The molecule has 2 N–H and O–H groups in total. The van der Waals surface area contributed by atoms with Crippen LogP contribution in [0.2, 0.25) is 0 Å². The van der Waals surface area contributed by atoms with Crippen LogP contribution in [-0.4, -0.2) is 18.4 Å². The molecule has 0 fully saturated rings. The molecule has 0 saturated carbocycles. The number of hydrogen-bond donors (Lipinski definition) is 2. The van der Waals surface area contributed by atoms with Crippen molar-refractivity contribution in [2.24, 2.45) is 0 Å². The second kappa shape index (κ2) is 7.56. The quantitative estimate of drug-likeness (QED) is 0.704. The largest absolute Gasteiger partial charge is 0.493 e. The van der Waals surface area contributed by atoms with Crippen LogP contribution in [0.4, 0.5) is 5.69 Å². The molecule has 5 nitrogen and oxygen atoms in total. The maximum atomic E-state index is 12.6. The van der Waals surface area contributed by atoms with Gasteiger partial charge in [0.2, 0.25) is 0 Å². The fourth-order valence-corrected chi connectivity index (χ4v) is 3.46. The Morgan fingerprint density at radius 3 is 2.54 bits per heavy atom. The minimum Gasteiger partial charge on any atom is -0.493 e. The normalized spacial score (nSPS) is 12.2. The van der Waals surface area contributed by atoms with Crippen molar-refractivity contribution < 1.29 is 14.3 Å². The average Bonchev–Trinajstić information content (AvgIpc) is 3.12. The van der Waals surface area contributed by atoms with E-state index in [4.69, 9.17) is 4.74 Å². The van der Waals surface area contributed by atoms with Crippen LogP contribution in [-0.2, 0) is 6.54 Å². The zero-order valence-electron chi connectivity index (χ0n) is 15.5. The van der Waals surface area contributed by atoms with Crippen molar-refractivity contribution >= 4 is 17.5 Å². The molecule has 2 amide bonds. The Morgan fingerprint density at radius 1 is 1.00 bits per heavy atom. The number of carbonyl (C=O) groups is 2. The first-order valence-electron chi connectivity index (χ1n) is 9.21. The summed E-state index contributed by atoms with van der Waals surface area (Å²) in [6.45, 7) is 2.91. The van der Waals surface area contributed by atoms with Crippen molar-refractivity contribution in [3.8, 4) is 16.9 Å². The molecule has 28 heavy (non-hydrogen) atoms. The van der Waals surface area contributed by atoms with Gasteiger partial charge in [-0.2, -0.15) is 0 Å². The molecule has 4 rings (SSSR count). The molecule has 0 unspecified atom stereocenters. The number of carbonyl (C=O) groups excluding carboxylic acids is 2. The fourth-order valence-electron chi connectivity index (χ4n) is 3.46. The monoisotopic (exact) mass is 372 g/mol. The SMILES string of the molecule is CCOc1ccccc1-c1ccc(NC(=O)c2ccccc2)c2c1CNC2=O. The third-order valence-corrected chi connectivity index (χ3v) is 4.73. The van der Waals surface area contributed by atoms with E-state index < -0.39 is 0 Å². The maximum Gasteiger partial charge on any atom is 0.255 e. The number of rotatable bonds is 5. The number of ether oxygens (including phenoxy) is 1. The minimum absolute atomic E-state index is 0.186. The number of para-hydroxylation sites is 1. The van der Waals surface area contributed by atoms with E-state index in [2.05, 4.69) is 10.6 Å². The molecule has 3 aromatic rings. The van der Waals surface area contributed by atoms with Crippen LogP contribution >= 0.6 is 0 Å². The highest BCUT2D eigenvalue weighted by atomic mass is 16.5. The molecule has 0 spiro atoms. The molecule has 140 valence electrons. The van der Waals surface area contributed by atoms with Gasteiger partial charge in [0.15, 0.2) is 0 Å². The van der Waals surface area contributed by atoms with E-state index >= 15 is 0 Å². The number of amides is 2. The van der Waals surface area contributed by atoms with Crippen LogP contribution in [0, 0.1) is 0 Å². The number of nitrogens with one attached hydrogen (secondary N) is 2. The Bertz CT molecular complexity index is 1040. The van der Waals surface area contributed by atoms with Gasteiger partial charge < -0.3 is 15.4 Å². The van der Waals surface area contributed by atoms with Gasteiger partial charge in [-0.05, 0) is 42.3 Å². The molecule has 0 atom stereocenters. The van der Waals surface area contributed by atoms with Crippen molar-refractivity contribution in [1.29, 1.82) is 0 Å². The van der Waals surface area contributed by atoms with Gasteiger partial charge in [-0.25, -0.2) is 0 Å². The molecular formula is C23H20N2O3. The van der Waals surface area contributed by atoms with E-state index in [1.807, 2.05) is 43.3 Å². The molecule has 0 radical (unpaired) electrons. The third-order valence-electron chi connectivity index (χ3n) is 4.73. The summed E-state index contributed by atoms with van der Waals surface area (Å²) >= 11 is 0. The van der Waals surface area contributed by atoms with Crippen LogP contribution in [0.3, 0.4) is 0 Å². The van der Waals surface area contributed by atoms with E-state index in [1.54, 1.807) is 30.3 Å². The summed E-state index contributed by atoms with van der Waals surface area (Å²) in [6, 6.07) is 20.4. The average molecular weight is 372 g/mol. The Balaban J connectivity index is 1.76. The highest BCUT2D eigenvalue weighted by molar-refractivity contribution is 6.11. The molecule has 3 aromatic carbocycles. The Morgan fingerprint density at radius 2 is 1.75 bits per heavy atom. The van der Waals surface area contributed by atoms with Crippen LogP contribution < -0.4 is 15.4 Å². The Hall–Kier alpha value is -3.60. The molecule has 0 bridgehead atoms. The van der Waals surface area contributed by atoms with Crippen molar-refractivity contribution in [1.82, 2.24) is 5.32 Å². The molecule has 0 aliphatic carbocycles. The maximum absolute atomic E-state index is 12.6. The third kappa shape index (κ3) is 3.22. The molecule has 1 aliphatic heterocycles. The Labute approximate surface area is 163 Å². The van der Waals surface area contributed by atoms with E-state index in [0.29, 0.717) is 30.0 Å². The van der Waals surface area contributed by atoms with Crippen LogP contribution in [0.25, 0.3) is 11.1 Å². The summed E-state index contributed by atoms with van der Waals surface area (Å²) in [5.74, 6) is 0.340. The summed E-state index contributed by atoms with van der Waals surface area (Å²) < 4.78 is 5.76.